The lowest BCUT2D eigenvalue weighted by Crippen LogP contribution is -2.41. The molecule has 1 atom stereocenters. The summed E-state index contributed by atoms with van der Waals surface area (Å²) in [5.74, 6) is 0.659. The Hall–Kier alpha value is -0.160. The van der Waals surface area contributed by atoms with E-state index in [1.54, 1.807) is 0 Å². The van der Waals surface area contributed by atoms with Crippen LogP contribution < -0.4 is 5.73 Å². The highest BCUT2D eigenvalue weighted by Gasteiger charge is 2.23. The second-order valence-corrected chi connectivity index (χ2v) is 4.23. The molecule has 1 heterocycles. The van der Waals surface area contributed by atoms with Gasteiger partial charge in [0, 0.05) is 26.4 Å². The quantitative estimate of drug-likeness (QED) is 0.675. The van der Waals surface area contributed by atoms with Crippen LogP contribution in [0.25, 0.3) is 0 Å². The summed E-state index contributed by atoms with van der Waals surface area (Å²) in [6.07, 6.45) is 2.93. The molecule has 1 fully saturated rings. The molecule has 0 saturated carbocycles. The van der Waals surface area contributed by atoms with Crippen molar-refractivity contribution in [2.75, 3.05) is 26.4 Å². The molecule has 0 aromatic carbocycles. The summed E-state index contributed by atoms with van der Waals surface area (Å²) < 4.78 is 16.3. The van der Waals surface area contributed by atoms with Crippen molar-refractivity contribution in [3.63, 3.8) is 0 Å². The van der Waals surface area contributed by atoms with E-state index in [1.165, 1.54) is 0 Å². The number of rotatable bonds is 7. The van der Waals surface area contributed by atoms with E-state index in [1.807, 2.05) is 13.8 Å². The minimum atomic E-state index is -0.252. The second-order valence-electron chi connectivity index (χ2n) is 4.23. The monoisotopic (exact) mass is 231 g/mol. The third-order valence-electron chi connectivity index (χ3n) is 2.96. The summed E-state index contributed by atoms with van der Waals surface area (Å²) in [4.78, 5) is 0. The Balaban J connectivity index is 2.31. The first kappa shape index (κ1) is 13.9. The lowest BCUT2D eigenvalue weighted by Gasteiger charge is -2.29. The van der Waals surface area contributed by atoms with Gasteiger partial charge in [0.1, 0.15) is 0 Å². The van der Waals surface area contributed by atoms with E-state index >= 15 is 0 Å². The van der Waals surface area contributed by atoms with E-state index < -0.39 is 0 Å². The molecule has 0 aromatic rings. The second kappa shape index (κ2) is 8.01. The fourth-order valence-corrected chi connectivity index (χ4v) is 2.10. The molecule has 1 rings (SSSR count). The molecule has 4 heteroatoms. The molecule has 1 saturated heterocycles. The maximum absolute atomic E-state index is 6.13. The first-order chi connectivity index (χ1) is 7.77. The molecule has 16 heavy (non-hydrogen) atoms. The average molecular weight is 231 g/mol. The highest BCUT2D eigenvalue weighted by atomic mass is 16.7. The zero-order valence-electron chi connectivity index (χ0n) is 10.5. The topological polar surface area (TPSA) is 53.7 Å². The maximum atomic E-state index is 6.13. The van der Waals surface area contributed by atoms with Crippen LogP contribution in [0.5, 0.6) is 0 Å². The van der Waals surface area contributed by atoms with Gasteiger partial charge in [-0.25, -0.2) is 0 Å². The minimum Gasteiger partial charge on any atom is -0.381 e. The SMILES string of the molecule is CCOC(OCC)C(N)CC1CCOCC1. The van der Waals surface area contributed by atoms with Gasteiger partial charge in [-0.3, -0.25) is 0 Å². The van der Waals surface area contributed by atoms with E-state index in [2.05, 4.69) is 0 Å². The summed E-state index contributed by atoms with van der Waals surface area (Å²) in [5.41, 5.74) is 6.13. The Morgan fingerprint density at radius 3 is 2.25 bits per heavy atom. The predicted octanol–water partition coefficient (Wildman–Crippen LogP) is 1.53. The van der Waals surface area contributed by atoms with Crippen LogP contribution in [0.1, 0.15) is 33.1 Å². The zero-order chi connectivity index (χ0) is 11.8. The van der Waals surface area contributed by atoms with Gasteiger partial charge in [-0.2, -0.15) is 0 Å². The summed E-state index contributed by atoms with van der Waals surface area (Å²) >= 11 is 0. The third kappa shape index (κ3) is 4.78. The van der Waals surface area contributed by atoms with Crippen LogP contribution in [-0.2, 0) is 14.2 Å². The average Bonchev–Trinajstić information content (AvgIpc) is 2.30. The van der Waals surface area contributed by atoms with Gasteiger partial charge >= 0.3 is 0 Å². The highest BCUT2D eigenvalue weighted by molar-refractivity contribution is 4.73. The Bertz CT molecular complexity index is 166. The Morgan fingerprint density at radius 1 is 1.19 bits per heavy atom. The fourth-order valence-electron chi connectivity index (χ4n) is 2.10. The van der Waals surface area contributed by atoms with Crippen molar-refractivity contribution < 1.29 is 14.2 Å². The molecule has 0 bridgehead atoms. The summed E-state index contributed by atoms with van der Waals surface area (Å²) in [5, 5.41) is 0. The molecule has 0 amide bonds. The third-order valence-corrected chi connectivity index (χ3v) is 2.96. The van der Waals surface area contributed by atoms with Gasteiger partial charge < -0.3 is 19.9 Å². The van der Waals surface area contributed by atoms with E-state index in [-0.39, 0.29) is 12.3 Å². The molecular formula is C12H25NO3. The Labute approximate surface area is 98.4 Å². The number of nitrogens with two attached hydrogens (primary N) is 1. The van der Waals surface area contributed by atoms with Crippen molar-refractivity contribution >= 4 is 0 Å². The van der Waals surface area contributed by atoms with Gasteiger partial charge in [-0.1, -0.05) is 0 Å². The molecule has 0 aliphatic carbocycles. The summed E-state index contributed by atoms with van der Waals surface area (Å²) in [7, 11) is 0. The zero-order valence-corrected chi connectivity index (χ0v) is 10.5. The molecule has 0 radical (unpaired) electrons. The van der Waals surface area contributed by atoms with E-state index in [9.17, 15) is 0 Å². The lowest BCUT2D eigenvalue weighted by molar-refractivity contribution is -0.151. The van der Waals surface area contributed by atoms with Crippen molar-refractivity contribution in [3.8, 4) is 0 Å². The van der Waals surface area contributed by atoms with Gasteiger partial charge in [-0.05, 0) is 39.0 Å². The molecule has 96 valence electrons. The van der Waals surface area contributed by atoms with Gasteiger partial charge in [0.25, 0.3) is 0 Å². The molecule has 2 N–H and O–H groups in total. The first-order valence-electron chi connectivity index (χ1n) is 6.34. The van der Waals surface area contributed by atoms with Crippen LogP contribution in [-0.4, -0.2) is 38.8 Å². The molecule has 1 aliphatic rings. The van der Waals surface area contributed by atoms with Gasteiger partial charge in [0.05, 0.1) is 6.04 Å². The van der Waals surface area contributed by atoms with Crippen LogP contribution >= 0.6 is 0 Å². The summed E-state index contributed by atoms with van der Waals surface area (Å²) in [6.45, 7) is 6.95. The van der Waals surface area contributed by atoms with Crippen LogP contribution in [0.4, 0.5) is 0 Å². The number of hydrogen-bond acceptors (Lipinski definition) is 4. The van der Waals surface area contributed by atoms with Gasteiger partial charge in [0.2, 0.25) is 0 Å². The highest BCUT2D eigenvalue weighted by Crippen LogP contribution is 2.21. The van der Waals surface area contributed by atoms with E-state index in [4.69, 9.17) is 19.9 Å². The number of ether oxygens (including phenoxy) is 3. The van der Waals surface area contributed by atoms with Crippen molar-refractivity contribution in [1.29, 1.82) is 0 Å². The van der Waals surface area contributed by atoms with Crippen LogP contribution in [0.15, 0.2) is 0 Å². The smallest absolute Gasteiger partial charge is 0.172 e. The van der Waals surface area contributed by atoms with Crippen molar-refractivity contribution in [3.05, 3.63) is 0 Å². The molecule has 0 aromatic heterocycles. The van der Waals surface area contributed by atoms with Crippen molar-refractivity contribution in [2.45, 2.75) is 45.4 Å². The first-order valence-corrected chi connectivity index (χ1v) is 6.34. The molecule has 1 unspecified atom stereocenters. The maximum Gasteiger partial charge on any atom is 0.172 e. The van der Waals surface area contributed by atoms with Crippen molar-refractivity contribution in [2.24, 2.45) is 11.7 Å². The minimum absolute atomic E-state index is 0.0250. The lowest BCUT2D eigenvalue weighted by atomic mass is 9.92. The molecule has 0 spiro atoms. The standard InChI is InChI=1S/C12H25NO3/c1-3-15-12(16-4-2)11(13)9-10-5-7-14-8-6-10/h10-12H,3-9,13H2,1-2H3. The van der Waals surface area contributed by atoms with Gasteiger partial charge in [-0.15, -0.1) is 0 Å². The number of hydrogen-bond donors (Lipinski definition) is 1. The molecular weight excluding hydrogens is 206 g/mol. The van der Waals surface area contributed by atoms with Gasteiger partial charge in [0.15, 0.2) is 6.29 Å². The van der Waals surface area contributed by atoms with Crippen LogP contribution in [0.3, 0.4) is 0 Å². The normalized spacial score (nSPS) is 20.2. The van der Waals surface area contributed by atoms with Crippen molar-refractivity contribution in [1.82, 2.24) is 0 Å². The largest absolute Gasteiger partial charge is 0.381 e. The van der Waals surface area contributed by atoms with E-state index in [0.717, 1.165) is 32.5 Å². The molecule has 4 nitrogen and oxygen atoms in total. The fraction of sp³-hybridized carbons (Fsp3) is 1.00. The summed E-state index contributed by atoms with van der Waals surface area (Å²) in [6, 6.07) is -0.0250. The van der Waals surface area contributed by atoms with Crippen LogP contribution in [0, 0.1) is 5.92 Å². The molecule has 1 aliphatic heterocycles. The van der Waals surface area contributed by atoms with Crippen LogP contribution in [0.2, 0.25) is 0 Å². The van der Waals surface area contributed by atoms with E-state index in [0.29, 0.717) is 19.1 Å². The Kier molecular flexibility index (Phi) is 6.96. The predicted molar refractivity (Wildman–Crippen MR) is 63.2 cm³/mol. The Morgan fingerprint density at radius 2 is 1.75 bits per heavy atom.